The Morgan fingerprint density at radius 2 is 1.29 bits per heavy atom. The van der Waals surface area contributed by atoms with Crippen molar-refractivity contribution in [2.45, 2.75) is 20.0 Å². The summed E-state index contributed by atoms with van der Waals surface area (Å²) in [6.45, 7) is 4.08. The first-order chi connectivity index (χ1) is 12.7. The van der Waals surface area contributed by atoms with Crippen LogP contribution in [0.15, 0.2) is 78.9 Å². The average Bonchev–Trinajstić information content (AvgIpc) is 2.67. The van der Waals surface area contributed by atoms with E-state index >= 15 is 0 Å². The van der Waals surface area contributed by atoms with Gasteiger partial charge in [-0.1, -0.05) is 0 Å². The van der Waals surface area contributed by atoms with Gasteiger partial charge in [0, 0.05) is 0 Å². The van der Waals surface area contributed by atoms with Crippen molar-refractivity contribution in [3.63, 3.8) is 0 Å². The molecule has 0 aliphatic heterocycles. The van der Waals surface area contributed by atoms with Gasteiger partial charge in [-0.25, -0.2) is 0 Å². The molecule has 0 amide bonds. The molecule has 0 saturated carbocycles. The van der Waals surface area contributed by atoms with Crippen LogP contribution in [0, 0.1) is 0 Å². The molecule has 0 saturated heterocycles. The summed E-state index contributed by atoms with van der Waals surface area (Å²) >= 11 is -0.946. The molecule has 0 aliphatic carbocycles. The SMILES string of the molecule is CC(C)[O][Ti+2][O]c1ccc2ccccc2c1-c1cccc2ccccc12.[Cl-].[Cl-]. The second-order valence-electron chi connectivity index (χ2n) is 6.54. The predicted molar refractivity (Wildman–Crippen MR) is 104 cm³/mol. The van der Waals surface area contributed by atoms with E-state index in [1.54, 1.807) is 0 Å². The van der Waals surface area contributed by atoms with Crippen LogP contribution in [0.5, 0.6) is 5.75 Å². The minimum atomic E-state index is -0.946. The van der Waals surface area contributed by atoms with E-state index in [1.165, 1.54) is 27.1 Å². The molecule has 0 N–H and O–H groups in total. The molecule has 4 aromatic rings. The molecule has 0 fully saturated rings. The summed E-state index contributed by atoms with van der Waals surface area (Å²) in [6.07, 6.45) is 0.191. The van der Waals surface area contributed by atoms with Gasteiger partial charge in [-0.2, -0.15) is 0 Å². The van der Waals surface area contributed by atoms with Crippen LogP contribution in [0.25, 0.3) is 32.7 Å². The minimum absolute atomic E-state index is 0. The third kappa shape index (κ3) is 4.71. The number of fused-ring (bicyclic) bond motifs is 2. The Morgan fingerprint density at radius 3 is 2.00 bits per heavy atom. The van der Waals surface area contributed by atoms with E-state index in [9.17, 15) is 0 Å². The smallest absolute Gasteiger partial charge is 1.00 e. The largest absolute Gasteiger partial charge is 1.00 e. The molecule has 0 heterocycles. The molecule has 4 aromatic carbocycles. The van der Waals surface area contributed by atoms with Crippen molar-refractivity contribution in [3.05, 3.63) is 78.9 Å². The molecular formula is C23H20Cl2O2Ti. The van der Waals surface area contributed by atoms with Crippen molar-refractivity contribution in [1.82, 2.24) is 0 Å². The van der Waals surface area contributed by atoms with Crippen LogP contribution in [0.4, 0.5) is 0 Å². The number of halogens is 2. The molecule has 142 valence electrons. The zero-order chi connectivity index (χ0) is 17.9. The van der Waals surface area contributed by atoms with Gasteiger partial charge >= 0.3 is 164 Å². The Hall–Kier alpha value is -1.55. The number of hydrogen-bond acceptors (Lipinski definition) is 2. The molecule has 0 aromatic heterocycles. The van der Waals surface area contributed by atoms with Crippen LogP contribution >= 0.6 is 0 Å². The molecular weight excluding hydrogens is 427 g/mol. The molecule has 0 bridgehead atoms. The Morgan fingerprint density at radius 1 is 0.679 bits per heavy atom. The van der Waals surface area contributed by atoms with Crippen molar-refractivity contribution in [1.29, 1.82) is 0 Å². The maximum absolute atomic E-state index is 6.16. The summed E-state index contributed by atoms with van der Waals surface area (Å²) in [5.74, 6) is 0.903. The summed E-state index contributed by atoms with van der Waals surface area (Å²) in [5.41, 5.74) is 2.35. The average molecular weight is 447 g/mol. The third-order valence-electron chi connectivity index (χ3n) is 4.39. The van der Waals surface area contributed by atoms with E-state index in [0.29, 0.717) is 0 Å². The van der Waals surface area contributed by atoms with Crippen LogP contribution in [-0.4, -0.2) is 6.10 Å². The van der Waals surface area contributed by atoms with Gasteiger partial charge in [0.15, 0.2) is 0 Å². The zero-order valence-corrected chi connectivity index (χ0v) is 18.7. The maximum atomic E-state index is 6.16. The monoisotopic (exact) mass is 446 g/mol. The molecule has 0 atom stereocenters. The quantitative estimate of drug-likeness (QED) is 0.413. The molecule has 0 unspecified atom stereocenters. The second kappa shape index (κ2) is 10.3. The van der Waals surface area contributed by atoms with Gasteiger partial charge in [-0.05, 0) is 0 Å². The van der Waals surface area contributed by atoms with E-state index in [4.69, 9.17) is 6.64 Å². The van der Waals surface area contributed by atoms with Crippen LogP contribution in [0.3, 0.4) is 0 Å². The summed E-state index contributed by atoms with van der Waals surface area (Å²) in [4.78, 5) is 0. The summed E-state index contributed by atoms with van der Waals surface area (Å²) in [5, 5.41) is 4.89. The fourth-order valence-corrected chi connectivity index (χ4v) is 4.00. The van der Waals surface area contributed by atoms with Gasteiger partial charge in [-0.3, -0.25) is 0 Å². The van der Waals surface area contributed by atoms with Crippen molar-refractivity contribution in [2.24, 2.45) is 0 Å². The standard InChI is InChI=1S/C20H14O.C3H7O.2ClH.Ti/c21-19-13-12-15-7-2-4-10-17(15)20(19)18-11-5-8-14-6-1-3-9-16(14)18;1-3(2)4;;;/h1-13,21H;3H,1-2H3;2*1H;/q;-1;;;+4/p-3. The number of benzene rings is 4. The first-order valence-electron chi connectivity index (χ1n) is 8.81. The van der Waals surface area contributed by atoms with Gasteiger partial charge in [0.2, 0.25) is 0 Å². The Balaban J connectivity index is 0.00000140. The first-order valence-corrected chi connectivity index (χ1v) is 10.1. The zero-order valence-electron chi connectivity index (χ0n) is 15.7. The fraction of sp³-hybridized carbons (Fsp3) is 0.130. The first kappa shape index (κ1) is 22.7. The molecule has 5 heteroatoms. The summed E-state index contributed by atoms with van der Waals surface area (Å²) in [6, 6.07) is 27.6. The van der Waals surface area contributed by atoms with E-state index in [0.717, 1.165) is 11.3 Å². The normalized spacial score (nSPS) is 10.2. The van der Waals surface area contributed by atoms with E-state index < -0.39 is 19.9 Å². The Labute approximate surface area is 187 Å². The fourth-order valence-electron chi connectivity index (χ4n) is 3.22. The van der Waals surface area contributed by atoms with Crippen molar-refractivity contribution in [3.8, 4) is 16.9 Å². The molecule has 4 rings (SSSR count). The molecule has 0 spiro atoms. The molecule has 2 nitrogen and oxygen atoms in total. The van der Waals surface area contributed by atoms with Crippen LogP contribution in [0.1, 0.15) is 13.8 Å². The van der Waals surface area contributed by atoms with Crippen LogP contribution < -0.4 is 28.1 Å². The molecule has 0 aliphatic rings. The van der Waals surface area contributed by atoms with Crippen molar-refractivity contribution < 1.29 is 51.4 Å². The van der Waals surface area contributed by atoms with E-state index in [2.05, 4.69) is 78.9 Å². The maximum Gasteiger partial charge on any atom is -1.00 e. The topological polar surface area (TPSA) is 18.5 Å². The van der Waals surface area contributed by atoms with Gasteiger partial charge in [-0.15, -0.1) is 0 Å². The van der Waals surface area contributed by atoms with E-state index in [-0.39, 0.29) is 30.9 Å². The third-order valence-corrected chi connectivity index (χ3v) is 5.75. The summed E-state index contributed by atoms with van der Waals surface area (Å²) < 4.78 is 11.9. The Bertz CT molecular complexity index is 1060. The predicted octanol–water partition coefficient (Wildman–Crippen LogP) is 0.384. The minimum Gasteiger partial charge on any atom is -1.00 e. The van der Waals surface area contributed by atoms with Gasteiger partial charge < -0.3 is 24.8 Å². The van der Waals surface area contributed by atoms with Gasteiger partial charge in [0.05, 0.1) is 0 Å². The van der Waals surface area contributed by atoms with E-state index in [1.807, 2.05) is 13.8 Å². The van der Waals surface area contributed by atoms with Crippen LogP contribution in [-0.2, 0) is 23.2 Å². The summed E-state index contributed by atoms with van der Waals surface area (Å²) in [7, 11) is 0. The molecule has 28 heavy (non-hydrogen) atoms. The van der Waals surface area contributed by atoms with Crippen LogP contribution in [0.2, 0.25) is 0 Å². The second-order valence-corrected chi connectivity index (χ2v) is 7.49. The number of rotatable bonds is 5. The van der Waals surface area contributed by atoms with Crippen molar-refractivity contribution >= 4 is 21.5 Å². The molecule has 0 radical (unpaired) electrons. The van der Waals surface area contributed by atoms with Gasteiger partial charge in [0.1, 0.15) is 0 Å². The number of hydrogen-bond donors (Lipinski definition) is 0. The van der Waals surface area contributed by atoms with Gasteiger partial charge in [0.25, 0.3) is 0 Å². The Kier molecular flexibility index (Phi) is 8.36. The van der Waals surface area contributed by atoms with Crippen molar-refractivity contribution in [2.75, 3.05) is 0 Å².